The number of halogens is 1. The molecule has 19 heavy (non-hydrogen) atoms. The summed E-state index contributed by atoms with van der Waals surface area (Å²) in [5, 5.41) is 13.0. The van der Waals surface area contributed by atoms with Crippen molar-refractivity contribution in [3.8, 4) is 0 Å². The fourth-order valence-electron chi connectivity index (χ4n) is 2.03. The summed E-state index contributed by atoms with van der Waals surface area (Å²) in [5.74, 6) is 0.506. The molecule has 1 heterocycles. The van der Waals surface area contributed by atoms with Crippen LogP contribution in [0.3, 0.4) is 0 Å². The van der Waals surface area contributed by atoms with E-state index in [4.69, 9.17) is 11.6 Å². The fraction of sp³-hybridized carbons (Fsp3) is 0.786. The van der Waals surface area contributed by atoms with Crippen molar-refractivity contribution in [2.24, 2.45) is 0 Å². The summed E-state index contributed by atoms with van der Waals surface area (Å²) >= 11 is 7.44. The largest absolute Gasteiger partial charge is 0.389 e. The van der Waals surface area contributed by atoms with Gasteiger partial charge in [-0.1, -0.05) is 6.92 Å². The molecule has 0 amide bonds. The third-order valence-corrected chi connectivity index (χ3v) is 4.14. The Morgan fingerprint density at radius 2 is 2.16 bits per heavy atom. The molecule has 0 saturated heterocycles. The maximum absolute atomic E-state index is 9.82. The molecule has 110 valence electrons. The molecule has 0 radical (unpaired) electrons. The first-order valence-corrected chi connectivity index (χ1v) is 8.30. The summed E-state index contributed by atoms with van der Waals surface area (Å²) in [6, 6.07) is 0. The lowest BCUT2D eigenvalue weighted by molar-refractivity contribution is 0.0374. The molecule has 0 saturated carbocycles. The first kappa shape index (κ1) is 16.9. The first-order chi connectivity index (χ1) is 8.94. The molecule has 0 spiro atoms. The predicted molar refractivity (Wildman–Crippen MR) is 83.0 cm³/mol. The quantitative estimate of drug-likeness (QED) is 0.562. The standard InChI is InChI=1S/C14H25ClN2OS/c1-4-17(11-14(2,3)18)8-6-5-7-13-16-12(9-15)10-19-13/h10,18H,4-9,11H2,1-3H3. The molecule has 0 bridgehead atoms. The van der Waals surface area contributed by atoms with Crippen molar-refractivity contribution in [3.05, 3.63) is 16.1 Å². The number of hydrogen-bond acceptors (Lipinski definition) is 4. The number of thiazole rings is 1. The molecule has 5 heteroatoms. The lowest BCUT2D eigenvalue weighted by Crippen LogP contribution is -2.39. The van der Waals surface area contributed by atoms with Crippen LogP contribution in [0.1, 0.15) is 44.3 Å². The van der Waals surface area contributed by atoms with Crippen LogP contribution in [0, 0.1) is 0 Å². The van der Waals surface area contributed by atoms with Gasteiger partial charge >= 0.3 is 0 Å². The van der Waals surface area contributed by atoms with Gasteiger partial charge in [0.1, 0.15) is 0 Å². The molecule has 0 aliphatic carbocycles. The van der Waals surface area contributed by atoms with Gasteiger partial charge in [0.25, 0.3) is 0 Å². The van der Waals surface area contributed by atoms with Crippen LogP contribution in [0.25, 0.3) is 0 Å². The second kappa shape index (κ2) is 8.20. The van der Waals surface area contributed by atoms with E-state index in [9.17, 15) is 5.11 Å². The number of unbranched alkanes of at least 4 members (excludes halogenated alkanes) is 1. The van der Waals surface area contributed by atoms with Gasteiger partial charge in [-0.3, -0.25) is 0 Å². The molecule has 0 fully saturated rings. The van der Waals surface area contributed by atoms with Gasteiger partial charge in [-0.05, 0) is 46.2 Å². The van der Waals surface area contributed by atoms with Gasteiger partial charge in [0.05, 0.1) is 22.2 Å². The maximum Gasteiger partial charge on any atom is 0.0928 e. The van der Waals surface area contributed by atoms with Crippen LogP contribution in [0.2, 0.25) is 0 Å². The number of rotatable bonds is 9. The smallest absolute Gasteiger partial charge is 0.0928 e. The van der Waals surface area contributed by atoms with Crippen LogP contribution < -0.4 is 0 Å². The van der Waals surface area contributed by atoms with Crippen LogP contribution >= 0.6 is 22.9 Å². The average Bonchev–Trinajstić information content (AvgIpc) is 2.79. The third-order valence-electron chi connectivity index (χ3n) is 2.91. The number of alkyl halides is 1. The van der Waals surface area contributed by atoms with Crippen molar-refractivity contribution < 1.29 is 5.11 Å². The van der Waals surface area contributed by atoms with E-state index < -0.39 is 5.60 Å². The minimum atomic E-state index is -0.611. The summed E-state index contributed by atoms with van der Waals surface area (Å²) in [6.45, 7) is 8.61. The normalized spacial score (nSPS) is 12.3. The monoisotopic (exact) mass is 304 g/mol. The Morgan fingerprint density at radius 1 is 1.42 bits per heavy atom. The van der Waals surface area contributed by atoms with Crippen molar-refractivity contribution in [3.63, 3.8) is 0 Å². The van der Waals surface area contributed by atoms with Gasteiger partial charge in [0, 0.05) is 11.9 Å². The van der Waals surface area contributed by atoms with E-state index in [0.29, 0.717) is 5.88 Å². The molecule has 0 unspecified atom stereocenters. The summed E-state index contributed by atoms with van der Waals surface area (Å²) in [7, 11) is 0. The second-order valence-corrected chi connectivity index (χ2v) is 6.71. The van der Waals surface area contributed by atoms with E-state index in [1.165, 1.54) is 5.01 Å². The van der Waals surface area contributed by atoms with Gasteiger partial charge < -0.3 is 10.0 Å². The molecule has 1 N–H and O–H groups in total. The Hall–Kier alpha value is -0.160. The minimum absolute atomic E-state index is 0.506. The number of aromatic nitrogens is 1. The third kappa shape index (κ3) is 7.25. The van der Waals surface area contributed by atoms with E-state index in [1.807, 2.05) is 19.2 Å². The zero-order valence-corrected chi connectivity index (χ0v) is 13.7. The van der Waals surface area contributed by atoms with Crippen LogP contribution in [-0.2, 0) is 12.3 Å². The van der Waals surface area contributed by atoms with Crippen LogP contribution in [0.4, 0.5) is 0 Å². The summed E-state index contributed by atoms with van der Waals surface area (Å²) in [4.78, 5) is 6.76. The van der Waals surface area contributed by atoms with Gasteiger partial charge in [-0.2, -0.15) is 0 Å². The summed E-state index contributed by atoms with van der Waals surface area (Å²) in [6.07, 6.45) is 3.30. The van der Waals surface area contributed by atoms with Crippen molar-refractivity contribution in [1.82, 2.24) is 9.88 Å². The van der Waals surface area contributed by atoms with E-state index in [1.54, 1.807) is 11.3 Å². The highest BCUT2D eigenvalue weighted by atomic mass is 35.5. The highest BCUT2D eigenvalue weighted by Crippen LogP contribution is 2.14. The Morgan fingerprint density at radius 3 is 2.68 bits per heavy atom. The van der Waals surface area contributed by atoms with Crippen LogP contribution in [0.15, 0.2) is 5.38 Å². The fourth-order valence-corrected chi connectivity index (χ4v) is 3.10. The first-order valence-electron chi connectivity index (χ1n) is 6.88. The molecule has 3 nitrogen and oxygen atoms in total. The number of likely N-dealkylation sites (N-methyl/N-ethyl adjacent to an activating group) is 1. The Labute approximate surface area is 125 Å². The maximum atomic E-state index is 9.82. The number of hydrogen-bond donors (Lipinski definition) is 1. The summed E-state index contributed by atoms with van der Waals surface area (Å²) in [5.41, 5.74) is 0.375. The second-order valence-electron chi connectivity index (χ2n) is 5.50. The Balaban J connectivity index is 2.21. The highest BCUT2D eigenvalue weighted by Gasteiger charge is 2.16. The van der Waals surface area contributed by atoms with Gasteiger partial charge in [0.15, 0.2) is 0 Å². The molecule has 1 aromatic heterocycles. The number of nitrogens with zero attached hydrogens (tertiary/aromatic N) is 2. The predicted octanol–water partition coefficient (Wildman–Crippen LogP) is 3.30. The molecular formula is C14H25ClN2OS. The molecule has 0 atom stereocenters. The zero-order valence-electron chi connectivity index (χ0n) is 12.2. The van der Waals surface area contributed by atoms with Crippen molar-refractivity contribution >= 4 is 22.9 Å². The van der Waals surface area contributed by atoms with Crippen LogP contribution in [0.5, 0.6) is 0 Å². The molecule has 0 aliphatic heterocycles. The molecule has 1 aromatic rings. The van der Waals surface area contributed by atoms with Gasteiger partial charge in [-0.25, -0.2) is 4.98 Å². The minimum Gasteiger partial charge on any atom is -0.389 e. The molecule has 0 aromatic carbocycles. The Kier molecular flexibility index (Phi) is 7.29. The van der Waals surface area contributed by atoms with E-state index >= 15 is 0 Å². The topological polar surface area (TPSA) is 36.4 Å². The molecular weight excluding hydrogens is 280 g/mol. The van der Waals surface area contributed by atoms with Crippen LogP contribution in [-0.4, -0.2) is 40.2 Å². The average molecular weight is 305 g/mol. The Bertz CT molecular complexity index is 363. The lowest BCUT2D eigenvalue weighted by Gasteiger charge is -2.27. The van der Waals surface area contributed by atoms with Crippen molar-refractivity contribution in [2.75, 3.05) is 19.6 Å². The molecule has 0 aliphatic rings. The number of aliphatic hydroxyl groups is 1. The zero-order chi connectivity index (χ0) is 14.3. The lowest BCUT2D eigenvalue weighted by atomic mass is 10.1. The van der Waals surface area contributed by atoms with Crippen molar-refractivity contribution in [1.29, 1.82) is 0 Å². The van der Waals surface area contributed by atoms with Gasteiger partial charge in [0.2, 0.25) is 0 Å². The number of aryl methyl sites for hydroxylation is 1. The SMILES string of the molecule is CCN(CCCCc1nc(CCl)cs1)CC(C)(C)O. The van der Waals surface area contributed by atoms with E-state index in [-0.39, 0.29) is 0 Å². The molecule has 1 rings (SSSR count). The van der Waals surface area contributed by atoms with Crippen molar-refractivity contribution in [2.45, 2.75) is 51.5 Å². The summed E-state index contributed by atoms with van der Waals surface area (Å²) < 4.78 is 0. The van der Waals surface area contributed by atoms with Gasteiger partial charge in [-0.15, -0.1) is 22.9 Å². The highest BCUT2D eigenvalue weighted by molar-refractivity contribution is 7.09. The van der Waals surface area contributed by atoms with E-state index in [2.05, 4.69) is 16.8 Å². The van der Waals surface area contributed by atoms with E-state index in [0.717, 1.165) is 44.6 Å².